The Morgan fingerprint density at radius 2 is 2.17 bits per heavy atom. The van der Waals surface area contributed by atoms with Crippen molar-refractivity contribution in [2.45, 2.75) is 32.4 Å². The summed E-state index contributed by atoms with van der Waals surface area (Å²) in [7, 11) is 0. The molecule has 0 aliphatic heterocycles. The average Bonchev–Trinajstić information content (AvgIpc) is 3.18. The molecule has 1 aliphatic rings. The predicted octanol–water partition coefficient (Wildman–Crippen LogP) is 2.03. The maximum Gasteiger partial charge on any atom is 0.134 e. The first kappa shape index (κ1) is 14.0. The van der Waals surface area contributed by atoms with Gasteiger partial charge in [0.2, 0.25) is 0 Å². The molecule has 6 heteroatoms. The van der Waals surface area contributed by atoms with E-state index in [1.165, 1.54) is 17.6 Å². The van der Waals surface area contributed by atoms with E-state index in [0.717, 1.165) is 31.4 Å². The van der Waals surface area contributed by atoms with Crippen LogP contribution in [0.5, 0.6) is 5.75 Å². The van der Waals surface area contributed by atoms with E-state index in [9.17, 15) is 5.11 Å². The van der Waals surface area contributed by atoms with Gasteiger partial charge in [0.15, 0.2) is 0 Å². The topological polar surface area (TPSA) is 68.8 Å². The van der Waals surface area contributed by atoms with Crippen molar-refractivity contribution in [1.82, 2.24) is 24.1 Å². The standard InChI is InChI=1S/C17H19N5O/c23-15-5-14(7-19-8-15)10-22-12-20-16-6-13(1-2-17(16)22)9-21-4-3-18-11-21/h3-5,7-8,11-13,23H,1-2,6,9-10H2. The number of rotatable bonds is 4. The highest BCUT2D eigenvalue weighted by Gasteiger charge is 2.23. The van der Waals surface area contributed by atoms with Crippen LogP contribution in [0.2, 0.25) is 0 Å². The second-order valence-corrected chi connectivity index (χ2v) is 6.19. The second-order valence-electron chi connectivity index (χ2n) is 6.19. The van der Waals surface area contributed by atoms with Crippen LogP contribution in [0.15, 0.2) is 43.5 Å². The fourth-order valence-electron chi connectivity index (χ4n) is 3.37. The van der Waals surface area contributed by atoms with Gasteiger partial charge in [0.1, 0.15) is 5.75 Å². The molecule has 0 fully saturated rings. The van der Waals surface area contributed by atoms with Crippen molar-refractivity contribution in [2.75, 3.05) is 0 Å². The molecule has 0 spiro atoms. The first-order chi connectivity index (χ1) is 11.3. The van der Waals surface area contributed by atoms with E-state index in [1.807, 2.05) is 25.0 Å². The van der Waals surface area contributed by atoms with Crippen LogP contribution < -0.4 is 0 Å². The minimum atomic E-state index is 0.205. The number of nitrogens with zero attached hydrogens (tertiary/aromatic N) is 5. The van der Waals surface area contributed by atoms with E-state index >= 15 is 0 Å². The number of aromatic nitrogens is 5. The van der Waals surface area contributed by atoms with Gasteiger partial charge in [0, 0.05) is 30.8 Å². The number of fused-ring (bicyclic) bond motifs is 1. The zero-order valence-electron chi connectivity index (χ0n) is 12.8. The quantitative estimate of drug-likeness (QED) is 0.800. The molecule has 1 atom stereocenters. The predicted molar refractivity (Wildman–Crippen MR) is 85.0 cm³/mol. The maximum atomic E-state index is 9.54. The molecule has 0 saturated heterocycles. The van der Waals surface area contributed by atoms with E-state index in [1.54, 1.807) is 12.3 Å². The van der Waals surface area contributed by atoms with Crippen LogP contribution in [0.1, 0.15) is 23.4 Å². The lowest BCUT2D eigenvalue weighted by atomic mass is 9.89. The van der Waals surface area contributed by atoms with Gasteiger partial charge < -0.3 is 14.2 Å². The summed E-state index contributed by atoms with van der Waals surface area (Å²) in [5.41, 5.74) is 3.51. The number of hydrogen-bond acceptors (Lipinski definition) is 4. The highest BCUT2D eigenvalue weighted by Crippen LogP contribution is 2.26. The van der Waals surface area contributed by atoms with Crippen molar-refractivity contribution < 1.29 is 5.11 Å². The highest BCUT2D eigenvalue weighted by atomic mass is 16.3. The van der Waals surface area contributed by atoms with Crippen LogP contribution in [0.3, 0.4) is 0 Å². The van der Waals surface area contributed by atoms with Gasteiger partial charge in [-0.25, -0.2) is 9.97 Å². The summed E-state index contributed by atoms with van der Waals surface area (Å²) < 4.78 is 4.32. The monoisotopic (exact) mass is 309 g/mol. The molecule has 0 radical (unpaired) electrons. The Morgan fingerprint density at radius 1 is 1.22 bits per heavy atom. The minimum absolute atomic E-state index is 0.205. The van der Waals surface area contributed by atoms with Crippen molar-refractivity contribution in [3.63, 3.8) is 0 Å². The second kappa shape index (κ2) is 5.87. The van der Waals surface area contributed by atoms with Crippen molar-refractivity contribution in [2.24, 2.45) is 5.92 Å². The molecular formula is C17H19N5O. The van der Waals surface area contributed by atoms with Crippen LogP contribution in [-0.4, -0.2) is 29.2 Å². The fourth-order valence-corrected chi connectivity index (χ4v) is 3.37. The summed E-state index contributed by atoms with van der Waals surface area (Å²) >= 11 is 0. The molecule has 0 bridgehead atoms. The highest BCUT2D eigenvalue weighted by molar-refractivity contribution is 5.24. The Morgan fingerprint density at radius 3 is 3.00 bits per heavy atom. The SMILES string of the molecule is Oc1cncc(Cn2cnc3c2CCC(Cn2ccnc2)C3)c1. The van der Waals surface area contributed by atoms with Gasteiger partial charge in [-0.05, 0) is 36.8 Å². The first-order valence-corrected chi connectivity index (χ1v) is 7.89. The van der Waals surface area contributed by atoms with E-state index in [4.69, 9.17) is 0 Å². The smallest absolute Gasteiger partial charge is 0.134 e. The van der Waals surface area contributed by atoms with E-state index in [-0.39, 0.29) is 5.75 Å². The molecule has 0 aromatic carbocycles. The first-order valence-electron chi connectivity index (χ1n) is 7.89. The van der Waals surface area contributed by atoms with Gasteiger partial charge in [0.05, 0.1) is 31.1 Å². The van der Waals surface area contributed by atoms with Crippen molar-refractivity contribution in [3.8, 4) is 5.75 Å². The largest absolute Gasteiger partial charge is 0.506 e. The zero-order valence-corrected chi connectivity index (χ0v) is 12.8. The third-order valence-corrected chi connectivity index (χ3v) is 4.47. The van der Waals surface area contributed by atoms with Crippen molar-refractivity contribution >= 4 is 0 Å². The van der Waals surface area contributed by atoms with E-state index < -0.39 is 0 Å². The van der Waals surface area contributed by atoms with Crippen molar-refractivity contribution in [3.05, 3.63) is 60.5 Å². The summed E-state index contributed by atoms with van der Waals surface area (Å²) in [5, 5.41) is 9.54. The summed E-state index contributed by atoms with van der Waals surface area (Å²) in [6.07, 6.45) is 14.1. The number of pyridine rings is 1. The molecule has 1 aliphatic carbocycles. The third kappa shape index (κ3) is 2.97. The van der Waals surface area contributed by atoms with Crippen LogP contribution in [0, 0.1) is 5.92 Å². The van der Waals surface area contributed by atoms with E-state index in [2.05, 4.69) is 24.1 Å². The Labute approximate surface area is 134 Å². The summed E-state index contributed by atoms with van der Waals surface area (Å²) in [6.45, 7) is 1.71. The van der Waals surface area contributed by atoms with E-state index in [0.29, 0.717) is 12.5 Å². The lowest BCUT2D eigenvalue weighted by molar-refractivity contribution is 0.386. The molecule has 3 aromatic rings. The lowest BCUT2D eigenvalue weighted by Gasteiger charge is -2.23. The van der Waals surface area contributed by atoms with Gasteiger partial charge in [0.25, 0.3) is 0 Å². The lowest BCUT2D eigenvalue weighted by Crippen LogP contribution is -2.20. The molecule has 6 nitrogen and oxygen atoms in total. The number of imidazole rings is 2. The molecular weight excluding hydrogens is 290 g/mol. The molecule has 0 amide bonds. The van der Waals surface area contributed by atoms with Crippen LogP contribution in [0.25, 0.3) is 0 Å². The fraction of sp³-hybridized carbons (Fsp3) is 0.353. The minimum Gasteiger partial charge on any atom is -0.506 e. The van der Waals surface area contributed by atoms with Gasteiger partial charge in [-0.1, -0.05) is 0 Å². The normalized spacial score (nSPS) is 17.1. The Balaban J connectivity index is 1.48. The molecule has 0 saturated carbocycles. The van der Waals surface area contributed by atoms with Gasteiger partial charge >= 0.3 is 0 Å². The molecule has 1 unspecified atom stereocenters. The molecule has 23 heavy (non-hydrogen) atoms. The van der Waals surface area contributed by atoms with Crippen LogP contribution in [-0.2, 0) is 25.9 Å². The average molecular weight is 309 g/mol. The Bertz CT molecular complexity index is 793. The van der Waals surface area contributed by atoms with Gasteiger partial charge in [-0.3, -0.25) is 4.98 Å². The van der Waals surface area contributed by atoms with Crippen molar-refractivity contribution in [1.29, 1.82) is 0 Å². The number of hydrogen-bond donors (Lipinski definition) is 1. The summed E-state index contributed by atoms with van der Waals surface area (Å²) in [6, 6.07) is 1.75. The Hall–Kier alpha value is -2.63. The Kier molecular flexibility index (Phi) is 3.57. The van der Waals surface area contributed by atoms with Gasteiger partial charge in [-0.15, -0.1) is 0 Å². The van der Waals surface area contributed by atoms with Gasteiger partial charge in [-0.2, -0.15) is 0 Å². The molecule has 4 rings (SSSR count). The third-order valence-electron chi connectivity index (χ3n) is 4.47. The summed E-state index contributed by atoms with van der Waals surface area (Å²) in [4.78, 5) is 12.8. The molecule has 3 aromatic heterocycles. The number of aromatic hydroxyl groups is 1. The molecule has 3 heterocycles. The molecule has 118 valence electrons. The molecule has 1 N–H and O–H groups in total. The maximum absolute atomic E-state index is 9.54. The zero-order chi connectivity index (χ0) is 15.6. The summed E-state index contributed by atoms with van der Waals surface area (Å²) in [5.74, 6) is 0.819. The van der Waals surface area contributed by atoms with Crippen LogP contribution >= 0.6 is 0 Å². The van der Waals surface area contributed by atoms with Crippen LogP contribution in [0.4, 0.5) is 0 Å².